The molecule has 0 aliphatic rings. The van der Waals surface area contributed by atoms with Gasteiger partial charge in [-0.1, -0.05) is 0 Å². The van der Waals surface area contributed by atoms with Crippen molar-refractivity contribution >= 4 is 11.9 Å². The Morgan fingerprint density at radius 3 is 1.65 bits per heavy atom. The van der Waals surface area contributed by atoms with Crippen molar-refractivity contribution in [1.29, 1.82) is 0 Å². The summed E-state index contributed by atoms with van der Waals surface area (Å²) >= 11 is 0. The number of carboxylic acid groups (broad SMARTS) is 2. The number of hydrogen-bond donors (Lipinski definition) is 6. The molecule has 0 amide bonds. The Hall–Kier alpha value is -0.480. The van der Waals surface area contributed by atoms with E-state index >= 15 is 0 Å². The molecule has 1 unspecified atom stereocenters. The summed E-state index contributed by atoms with van der Waals surface area (Å²) in [5.74, 6) is -2.85. The van der Waals surface area contributed by atoms with Crippen molar-refractivity contribution in [3.63, 3.8) is 0 Å². The van der Waals surface area contributed by atoms with E-state index in [1.807, 2.05) is 0 Å². The summed E-state index contributed by atoms with van der Waals surface area (Å²) in [6.07, 6.45) is -2.54. The first-order chi connectivity index (χ1) is 7.45. The molecule has 1 radical (unpaired) electrons. The number of aliphatic hydroxyl groups is 3. The summed E-state index contributed by atoms with van der Waals surface area (Å²) in [4.78, 5) is 19.4. The Morgan fingerprint density at radius 1 is 1.06 bits per heavy atom. The van der Waals surface area contributed by atoms with E-state index in [9.17, 15) is 9.59 Å². The fourth-order valence-electron chi connectivity index (χ4n) is 0.536. The van der Waals surface area contributed by atoms with E-state index in [1.165, 1.54) is 0 Å². The summed E-state index contributed by atoms with van der Waals surface area (Å²) in [5, 5.41) is 43.2. The third kappa shape index (κ3) is 21.4. The molecule has 6 N–H and O–H groups in total. The molecule has 0 aromatic heterocycles. The number of rotatable bonds is 7. The Balaban J connectivity index is -0.000000224. The molecule has 0 heterocycles. The van der Waals surface area contributed by atoms with Crippen LogP contribution in [0.1, 0.15) is 6.42 Å². The topological polar surface area (TPSA) is 147 Å². The fraction of sp³-hybridized carbons (Fsp3) is 0.750. The normalized spacial score (nSPS) is 10.5. The number of carbonyl (C=O) groups is 2. The molecule has 17 heavy (non-hydrogen) atoms. The van der Waals surface area contributed by atoms with Crippen molar-refractivity contribution in [2.24, 2.45) is 0 Å². The van der Waals surface area contributed by atoms with Crippen LogP contribution in [0.5, 0.6) is 0 Å². The van der Waals surface area contributed by atoms with Crippen molar-refractivity contribution in [3.05, 3.63) is 0 Å². The molecule has 0 rings (SSSR count). The summed E-state index contributed by atoms with van der Waals surface area (Å²) in [5.41, 5.74) is 0. The summed E-state index contributed by atoms with van der Waals surface area (Å²) in [6, 6.07) is 0. The van der Waals surface area contributed by atoms with Crippen LogP contribution in [0.15, 0.2) is 0 Å². The van der Waals surface area contributed by atoms with Crippen LogP contribution in [-0.2, 0) is 32.0 Å². The molecule has 0 fully saturated rings. The molecule has 0 saturated carbocycles. The molecule has 8 nitrogen and oxygen atoms in total. The van der Waals surface area contributed by atoms with Crippen LogP contribution in [0, 0.1) is 0 Å². The largest absolute Gasteiger partial charge is 0.481 e. The van der Waals surface area contributed by atoms with E-state index in [0.717, 1.165) is 0 Å². The Morgan fingerprint density at radius 2 is 1.47 bits per heavy atom. The SMILES string of the molecule is O=C(O)CC(O)C(=O)O.OCCNCCO.[Ag]. The Kier molecular flexibility index (Phi) is 19.9. The second kappa shape index (κ2) is 15.5. The van der Waals surface area contributed by atoms with Gasteiger partial charge in [0, 0.05) is 35.5 Å². The maximum atomic E-state index is 9.72. The van der Waals surface area contributed by atoms with Crippen molar-refractivity contribution in [3.8, 4) is 0 Å². The van der Waals surface area contributed by atoms with Crippen molar-refractivity contribution in [2.75, 3.05) is 26.3 Å². The monoisotopic (exact) mass is 346 g/mol. The van der Waals surface area contributed by atoms with Crippen molar-refractivity contribution in [1.82, 2.24) is 5.32 Å². The third-order valence-corrected chi connectivity index (χ3v) is 1.23. The first-order valence-corrected chi connectivity index (χ1v) is 4.50. The van der Waals surface area contributed by atoms with E-state index in [2.05, 4.69) is 5.32 Å². The first-order valence-electron chi connectivity index (χ1n) is 4.50. The number of aliphatic hydroxyl groups excluding tert-OH is 3. The van der Waals surface area contributed by atoms with Gasteiger partial charge in [-0.3, -0.25) is 4.79 Å². The predicted molar refractivity (Wildman–Crippen MR) is 52.9 cm³/mol. The number of nitrogens with one attached hydrogen (secondary N) is 1. The quantitative estimate of drug-likeness (QED) is 0.218. The van der Waals surface area contributed by atoms with Gasteiger partial charge in [0.1, 0.15) is 0 Å². The van der Waals surface area contributed by atoms with E-state index in [1.54, 1.807) is 0 Å². The number of carboxylic acids is 2. The van der Waals surface area contributed by atoms with Crippen LogP contribution >= 0.6 is 0 Å². The molecule has 0 aliphatic heterocycles. The Bertz CT molecular complexity index is 198. The minimum Gasteiger partial charge on any atom is -0.481 e. The van der Waals surface area contributed by atoms with E-state index in [-0.39, 0.29) is 35.6 Å². The zero-order chi connectivity index (χ0) is 13.0. The molecule has 0 spiro atoms. The zero-order valence-electron chi connectivity index (χ0n) is 8.97. The van der Waals surface area contributed by atoms with Crippen LogP contribution in [0.4, 0.5) is 0 Å². The van der Waals surface area contributed by atoms with Gasteiger partial charge < -0.3 is 30.8 Å². The molecular weight excluding hydrogens is 330 g/mol. The van der Waals surface area contributed by atoms with Crippen LogP contribution in [0.3, 0.4) is 0 Å². The van der Waals surface area contributed by atoms with E-state index in [4.69, 9.17) is 25.5 Å². The predicted octanol–water partition coefficient (Wildman–Crippen LogP) is -2.54. The first kappa shape index (κ1) is 21.8. The smallest absolute Gasteiger partial charge is 0.333 e. The summed E-state index contributed by atoms with van der Waals surface area (Å²) < 4.78 is 0. The second-order valence-corrected chi connectivity index (χ2v) is 2.65. The molecule has 0 aromatic rings. The van der Waals surface area contributed by atoms with Crippen LogP contribution in [0.2, 0.25) is 0 Å². The van der Waals surface area contributed by atoms with Crippen LogP contribution in [0.25, 0.3) is 0 Å². The van der Waals surface area contributed by atoms with Gasteiger partial charge in [-0.15, -0.1) is 0 Å². The van der Waals surface area contributed by atoms with Crippen molar-refractivity contribution < 1.29 is 57.5 Å². The maximum Gasteiger partial charge on any atom is 0.333 e. The van der Waals surface area contributed by atoms with Gasteiger partial charge in [-0.05, 0) is 0 Å². The van der Waals surface area contributed by atoms with Gasteiger partial charge in [0.25, 0.3) is 0 Å². The molecule has 0 aliphatic carbocycles. The van der Waals surface area contributed by atoms with Gasteiger partial charge in [0.05, 0.1) is 19.6 Å². The molecule has 0 bridgehead atoms. The van der Waals surface area contributed by atoms with Gasteiger partial charge in [0.2, 0.25) is 0 Å². The van der Waals surface area contributed by atoms with Crippen molar-refractivity contribution in [2.45, 2.75) is 12.5 Å². The van der Waals surface area contributed by atoms with Gasteiger partial charge in [-0.25, -0.2) is 4.79 Å². The summed E-state index contributed by atoms with van der Waals surface area (Å²) in [7, 11) is 0. The minimum atomic E-state index is -1.79. The second-order valence-electron chi connectivity index (χ2n) is 2.65. The van der Waals surface area contributed by atoms with Gasteiger partial charge in [-0.2, -0.15) is 0 Å². The molecule has 0 saturated heterocycles. The average Bonchev–Trinajstić information content (AvgIpc) is 2.18. The van der Waals surface area contributed by atoms with Gasteiger partial charge in [0.15, 0.2) is 6.10 Å². The van der Waals surface area contributed by atoms with E-state index in [0.29, 0.717) is 13.1 Å². The fourth-order valence-corrected chi connectivity index (χ4v) is 0.536. The molecule has 0 aromatic carbocycles. The minimum absolute atomic E-state index is 0. The van der Waals surface area contributed by atoms with Crippen LogP contribution < -0.4 is 5.32 Å². The molecule has 107 valence electrons. The standard InChI is InChI=1S/C4H11NO2.C4H6O5.Ag/c6-3-1-5-2-4-7;5-2(4(8)9)1-3(6)7;/h5-7H,1-4H2;2,5H,1H2,(H,6,7)(H,8,9);. The summed E-state index contributed by atoms with van der Waals surface area (Å²) in [6.45, 7) is 1.42. The third-order valence-electron chi connectivity index (χ3n) is 1.23. The molecular formula is C8H17AgNO7. The maximum absolute atomic E-state index is 9.72. The number of aliphatic carboxylic acids is 2. The molecule has 1 atom stereocenters. The average molecular weight is 347 g/mol. The van der Waals surface area contributed by atoms with Gasteiger partial charge >= 0.3 is 11.9 Å². The molecule has 9 heteroatoms. The van der Waals surface area contributed by atoms with E-state index < -0.39 is 24.5 Å². The number of hydrogen-bond acceptors (Lipinski definition) is 6. The van der Waals surface area contributed by atoms with Crippen LogP contribution in [-0.4, -0.2) is 69.9 Å². The Labute approximate surface area is 114 Å². The zero-order valence-corrected chi connectivity index (χ0v) is 10.4.